The second-order valence-corrected chi connectivity index (χ2v) is 17.4. The van der Waals surface area contributed by atoms with Crippen molar-refractivity contribution in [1.82, 2.24) is 4.90 Å². The number of fused-ring (bicyclic) bond motifs is 1. The van der Waals surface area contributed by atoms with Gasteiger partial charge in [0.2, 0.25) is 11.7 Å². The molecule has 6 aliphatic carbocycles. The van der Waals surface area contributed by atoms with E-state index in [-0.39, 0.29) is 60.0 Å². The summed E-state index contributed by atoms with van der Waals surface area (Å²) in [4.78, 5) is 30.6. The van der Waals surface area contributed by atoms with Crippen molar-refractivity contribution in [2.45, 2.75) is 89.8 Å². The normalized spacial score (nSPS) is 33.8. The smallest absolute Gasteiger partial charge is 0.493 e. The second-order valence-electron chi connectivity index (χ2n) is 17.4. The zero-order chi connectivity index (χ0) is 40.6. The van der Waals surface area contributed by atoms with E-state index < -0.39 is 34.3 Å². The summed E-state index contributed by atoms with van der Waals surface area (Å²) in [5.74, 6) is 0.287. The third-order valence-electron chi connectivity index (χ3n) is 14.8. The zero-order valence-corrected chi connectivity index (χ0v) is 32.7. The average molecular weight is 790 g/mol. The number of rotatable bonds is 11. The largest absolute Gasteiger partial charge is 0.573 e. The van der Waals surface area contributed by atoms with Gasteiger partial charge in [0.15, 0.2) is 17.3 Å². The highest BCUT2D eigenvalue weighted by Crippen LogP contribution is 2.78. The van der Waals surface area contributed by atoms with Crippen LogP contribution in [0.4, 0.5) is 13.2 Å². The number of nitrogens with zero attached hydrogens (tertiary/aromatic N) is 1. The molecule has 2 bridgehead atoms. The lowest BCUT2D eigenvalue weighted by Gasteiger charge is -2.71. The van der Waals surface area contributed by atoms with E-state index in [2.05, 4.69) is 36.8 Å². The van der Waals surface area contributed by atoms with Crippen LogP contribution in [0.1, 0.15) is 80.5 Å². The van der Waals surface area contributed by atoms with Gasteiger partial charge in [-0.05, 0) is 110 Å². The van der Waals surface area contributed by atoms with E-state index in [1.54, 1.807) is 35.2 Å². The van der Waals surface area contributed by atoms with Gasteiger partial charge < -0.3 is 33.7 Å². The van der Waals surface area contributed by atoms with E-state index in [0.717, 1.165) is 12.8 Å². The number of benzene rings is 2. The van der Waals surface area contributed by atoms with E-state index in [1.165, 1.54) is 44.7 Å². The fourth-order valence-corrected chi connectivity index (χ4v) is 12.0. The van der Waals surface area contributed by atoms with Crippen LogP contribution in [0, 0.1) is 33.5 Å². The minimum Gasteiger partial charge on any atom is -0.493 e. The van der Waals surface area contributed by atoms with Crippen LogP contribution < -0.4 is 14.2 Å². The number of halogens is 3. The van der Waals surface area contributed by atoms with E-state index in [0.29, 0.717) is 60.3 Å². The third kappa shape index (κ3) is 6.20. The molecule has 1 amide bonds. The number of methoxy groups -OCH3 is 2. The number of aliphatic hydroxyl groups excluding tert-OH is 1. The third-order valence-corrected chi connectivity index (χ3v) is 14.8. The highest BCUT2D eigenvalue weighted by molar-refractivity contribution is 6.08. The molecule has 9 nitrogen and oxygen atoms in total. The van der Waals surface area contributed by atoms with Gasteiger partial charge in [0, 0.05) is 28.4 Å². The van der Waals surface area contributed by atoms with Crippen molar-refractivity contribution in [2.75, 3.05) is 20.8 Å². The molecule has 304 valence electrons. The van der Waals surface area contributed by atoms with E-state index in [9.17, 15) is 33.0 Å². The van der Waals surface area contributed by atoms with Gasteiger partial charge in [-0.1, -0.05) is 50.3 Å². The lowest BCUT2D eigenvalue weighted by molar-refractivity contribution is -0.274. The molecule has 0 radical (unpaired) electrons. The lowest BCUT2D eigenvalue weighted by atomic mass is 9.32. The molecule has 0 saturated heterocycles. The van der Waals surface area contributed by atoms with Crippen LogP contribution in [-0.4, -0.2) is 65.6 Å². The summed E-state index contributed by atoms with van der Waals surface area (Å²) in [7, 11) is 3.04. The first-order valence-corrected chi connectivity index (χ1v) is 19.8. The van der Waals surface area contributed by atoms with Crippen LogP contribution >= 0.6 is 0 Å². The summed E-state index contributed by atoms with van der Waals surface area (Å²) in [6.07, 6.45) is 7.12. The maximum atomic E-state index is 14.6. The Kier molecular flexibility index (Phi) is 9.50. The first kappa shape index (κ1) is 39.3. The van der Waals surface area contributed by atoms with Crippen molar-refractivity contribution in [3.8, 4) is 17.2 Å². The number of Topliss-reactive ketones (excluding diaryl/α,β-unsaturated/α-hetero) is 1. The van der Waals surface area contributed by atoms with Crippen molar-refractivity contribution in [1.29, 1.82) is 0 Å². The minimum absolute atomic E-state index is 0.0280. The van der Waals surface area contributed by atoms with Crippen LogP contribution in [0.3, 0.4) is 0 Å². The Labute approximate surface area is 330 Å². The van der Waals surface area contributed by atoms with Gasteiger partial charge in [-0.2, -0.15) is 0 Å². The molecule has 12 heteroatoms. The summed E-state index contributed by atoms with van der Waals surface area (Å²) >= 11 is 0. The Bertz CT molecular complexity index is 2100. The first-order valence-electron chi connectivity index (χ1n) is 19.8. The quantitative estimate of drug-likeness (QED) is 0.147. The monoisotopic (exact) mass is 789 g/mol. The highest BCUT2D eigenvalue weighted by atomic mass is 19.4. The molecule has 9 rings (SSSR count). The zero-order valence-electron chi connectivity index (χ0n) is 32.7. The summed E-state index contributed by atoms with van der Waals surface area (Å²) in [6, 6.07) is 14.0. The number of ketones is 1. The summed E-state index contributed by atoms with van der Waals surface area (Å²) in [6.45, 7) is 4.41. The fourth-order valence-electron chi connectivity index (χ4n) is 12.0. The Morgan fingerprint density at radius 1 is 0.895 bits per heavy atom. The van der Waals surface area contributed by atoms with Crippen molar-refractivity contribution in [2.24, 2.45) is 33.5 Å². The molecular weight excluding hydrogens is 739 g/mol. The van der Waals surface area contributed by atoms with Gasteiger partial charge in [-0.25, -0.2) is 0 Å². The molecule has 3 fully saturated rings. The van der Waals surface area contributed by atoms with Gasteiger partial charge >= 0.3 is 6.36 Å². The fraction of sp³-hybridized carbons (Fsp3) is 0.511. The van der Waals surface area contributed by atoms with Gasteiger partial charge in [0.1, 0.15) is 5.75 Å². The number of amides is 1. The van der Waals surface area contributed by atoms with Crippen LogP contribution in [-0.2, 0) is 17.8 Å². The molecule has 6 aliphatic rings. The van der Waals surface area contributed by atoms with Crippen molar-refractivity contribution in [3.05, 3.63) is 102 Å². The first-order chi connectivity index (χ1) is 27.0. The molecule has 8 unspecified atom stereocenters. The summed E-state index contributed by atoms with van der Waals surface area (Å²) < 4.78 is 59.6. The van der Waals surface area contributed by atoms with Crippen LogP contribution in [0.2, 0.25) is 0 Å². The Balaban J connectivity index is 1.15. The number of carbonyl (C=O) groups excluding carboxylic acids is 2. The number of aliphatic hydroxyl groups is 2. The van der Waals surface area contributed by atoms with Crippen molar-refractivity contribution < 1.29 is 51.6 Å². The Morgan fingerprint density at radius 2 is 1.58 bits per heavy atom. The molecule has 3 saturated carbocycles. The van der Waals surface area contributed by atoms with Gasteiger partial charge in [-0.3, -0.25) is 9.59 Å². The summed E-state index contributed by atoms with van der Waals surface area (Å²) in [5.41, 5.74) is -1.67. The molecule has 2 aromatic carbocycles. The molecule has 8 atom stereocenters. The number of alkyl halides is 3. The van der Waals surface area contributed by atoms with Gasteiger partial charge in [0.05, 0.1) is 45.2 Å². The molecule has 3 aromatic rings. The molecule has 2 N–H and O–H groups in total. The summed E-state index contributed by atoms with van der Waals surface area (Å²) in [5, 5.41) is 24.1. The maximum Gasteiger partial charge on any atom is 0.573 e. The molecule has 2 spiro atoms. The maximum absolute atomic E-state index is 14.6. The average Bonchev–Trinajstić information content (AvgIpc) is 3.81. The number of hydrogen-bond donors (Lipinski definition) is 2. The lowest BCUT2D eigenvalue weighted by Crippen LogP contribution is -2.67. The van der Waals surface area contributed by atoms with E-state index >= 15 is 0 Å². The van der Waals surface area contributed by atoms with Crippen LogP contribution in [0.15, 0.2) is 89.1 Å². The number of ether oxygens (including phenoxy) is 3. The number of hydrogen-bond acceptors (Lipinski definition) is 8. The van der Waals surface area contributed by atoms with Crippen LogP contribution in [0.25, 0.3) is 0 Å². The molecular formula is C45H50F3NO8. The molecule has 1 heterocycles. The molecule has 1 aromatic heterocycles. The Morgan fingerprint density at radius 3 is 2.26 bits per heavy atom. The van der Waals surface area contributed by atoms with Crippen LogP contribution in [0.5, 0.6) is 17.2 Å². The number of allylic oxidation sites excluding steroid dienone is 4. The van der Waals surface area contributed by atoms with Crippen molar-refractivity contribution in [3.63, 3.8) is 0 Å². The molecule has 0 aliphatic heterocycles. The second kappa shape index (κ2) is 13.8. The SMILES string of the molecule is COc1ccc(CC(=O)N(Cc2ccc(OC(F)(F)F)cc2)CC2(O)CCC3C45C=CC6(C=C4C(=O)c4ccco4)CC(O)CCC6(C)C5CCC32C)cc1OC. The number of furan rings is 1. The van der Waals surface area contributed by atoms with Crippen molar-refractivity contribution >= 4 is 11.7 Å². The van der Waals surface area contributed by atoms with E-state index in [1.807, 2.05) is 0 Å². The van der Waals surface area contributed by atoms with E-state index in [4.69, 9.17) is 13.9 Å². The van der Waals surface area contributed by atoms with Gasteiger partial charge in [-0.15, -0.1) is 13.2 Å². The standard InChI is InChI=1S/C45H50F3NO8/c1-40-16-13-30(50)24-42(40)19-20-44(32(25-42)39(52)34-6-5-21-56-34)36(40)14-17-41(2)37(44)15-18-43(41,53)27-49(26-28-7-10-31(11-8-28)57-45(46,47)48)38(51)23-29-9-12-33(54-3)35(22-29)55-4/h5-12,19-22,25,30,36-37,50,53H,13-18,23-24,26-27H2,1-4H3. The predicted molar refractivity (Wildman–Crippen MR) is 203 cm³/mol. The highest BCUT2D eigenvalue weighted by Gasteiger charge is 2.74. The number of carbonyl (C=O) groups is 2. The molecule has 57 heavy (non-hydrogen) atoms. The topological polar surface area (TPSA) is 119 Å². The predicted octanol–water partition coefficient (Wildman–Crippen LogP) is 8.24. The Hall–Kier alpha value is -4.55. The minimum atomic E-state index is -4.85. The van der Waals surface area contributed by atoms with Gasteiger partial charge in [0.25, 0.3) is 0 Å².